The summed E-state index contributed by atoms with van der Waals surface area (Å²) in [5.74, 6) is -4.36. The van der Waals surface area contributed by atoms with Gasteiger partial charge in [-0.15, -0.1) is 0 Å². The number of ether oxygens (including phenoxy) is 1. The largest absolute Gasteiger partial charge is 0.372 e. The number of rotatable bonds is 3. The van der Waals surface area contributed by atoms with E-state index in [1.54, 1.807) is 13.8 Å². The highest BCUT2D eigenvalue weighted by atomic mass is 19.2. The van der Waals surface area contributed by atoms with Gasteiger partial charge in [-0.1, -0.05) is 0 Å². The zero-order valence-corrected chi connectivity index (χ0v) is 19.4. The van der Waals surface area contributed by atoms with Crippen LogP contribution < -0.4 is 21.0 Å². The maximum absolute atomic E-state index is 15.6. The topological polar surface area (TPSA) is 129 Å². The summed E-state index contributed by atoms with van der Waals surface area (Å²) in [5, 5.41) is 8.22. The number of morpholine rings is 1. The van der Waals surface area contributed by atoms with Gasteiger partial charge in [0.15, 0.2) is 17.0 Å². The van der Waals surface area contributed by atoms with Gasteiger partial charge in [-0.3, -0.25) is 25.0 Å². The van der Waals surface area contributed by atoms with Crippen LogP contribution >= 0.6 is 0 Å². The van der Waals surface area contributed by atoms with Gasteiger partial charge >= 0.3 is 6.03 Å². The molecule has 4 aliphatic rings. The summed E-state index contributed by atoms with van der Waals surface area (Å²) in [6.07, 6.45) is 0.120. The predicted molar refractivity (Wildman–Crippen MR) is 118 cm³/mol. The average Bonchev–Trinajstić information content (AvgIpc) is 3.62. The van der Waals surface area contributed by atoms with Crippen molar-refractivity contribution in [1.82, 2.24) is 16.1 Å². The quantitative estimate of drug-likeness (QED) is 0.331. The fourth-order valence-electron chi connectivity index (χ4n) is 5.44. The van der Waals surface area contributed by atoms with E-state index in [0.29, 0.717) is 0 Å². The highest BCUT2D eigenvalue weighted by molar-refractivity contribution is 6.20. The summed E-state index contributed by atoms with van der Waals surface area (Å²) in [4.78, 5) is 51.6. The third-order valence-electron chi connectivity index (χ3n) is 7.14. The monoisotopic (exact) mass is 489 g/mol. The Labute approximate surface area is 199 Å². The van der Waals surface area contributed by atoms with Gasteiger partial charge in [-0.2, -0.15) is 5.10 Å². The lowest BCUT2D eigenvalue weighted by atomic mass is 9.66. The zero-order chi connectivity index (χ0) is 25.2. The molecule has 5 rings (SSSR count). The smallest absolute Gasteiger partial charge is 0.328 e. The Morgan fingerprint density at radius 2 is 1.83 bits per heavy atom. The minimum atomic E-state index is -1.81. The van der Waals surface area contributed by atoms with Gasteiger partial charge in [0.1, 0.15) is 0 Å². The van der Waals surface area contributed by atoms with Crippen LogP contribution in [0.25, 0.3) is 0 Å². The fraction of sp³-hybridized carbons (Fsp3) is 0.522. The van der Waals surface area contributed by atoms with E-state index in [9.17, 15) is 19.2 Å². The summed E-state index contributed by atoms with van der Waals surface area (Å²) in [6, 6.07) is -0.581. The number of imide groups is 2. The second-order valence-corrected chi connectivity index (χ2v) is 9.64. The Morgan fingerprint density at radius 1 is 1.17 bits per heavy atom. The number of halogens is 2. The second-order valence-electron chi connectivity index (χ2n) is 9.64. The van der Waals surface area contributed by atoms with Crippen molar-refractivity contribution in [3.05, 3.63) is 28.8 Å². The SMILES string of the molecule is C/C(=N\NC(=O)C1CC1)c1cc2c(c(F)c1F)N1C[C@@H](C)O[C@@H](C)[C@@H]1C1(C2)C(=O)NC(=O)NC1=O. The molecule has 0 unspecified atom stereocenters. The van der Waals surface area contributed by atoms with Crippen molar-refractivity contribution in [3.63, 3.8) is 0 Å². The van der Waals surface area contributed by atoms with Gasteiger partial charge in [0.2, 0.25) is 17.7 Å². The number of carbonyl (C=O) groups excluding carboxylic acids is 4. The standard InChI is InChI=1S/C23H25F2N5O5/c1-9-8-30-17-13(6-14(15(24)16(17)25)10(2)28-29-19(31)12-4-5-12)7-23(18(30)11(3)35-9)20(32)26-22(34)27-21(23)33/h6,9,11-12,18H,4-5,7-8H2,1-3H3,(H,29,31)(H2,26,27,32,33,34)/b28-10+/t9-,11+,18-/m1/s1. The molecule has 3 heterocycles. The number of hydrogen-bond acceptors (Lipinski definition) is 7. The first-order valence-electron chi connectivity index (χ1n) is 11.5. The highest BCUT2D eigenvalue weighted by Crippen LogP contribution is 2.48. The zero-order valence-electron chi connectivity index (χ0n) is 19.4. The summed E-state index contributed by atoms with van der Waals surface area (Å²) in [7, 11) is 0. The molecule has 2 saturated heterocycles. The van der Waals surface area contributed by atoms with Crippen LogP contribution in [0.5, 0.6) is 0 Å². The normalized spacial score (nSPS) is 27.7. The molecule has 186 valence electrons. The number of nitrogens with one attached hydrogen (secondary N) is 3. The molecule has 5 amide bonds. The Kier molecular flexibility index (Phi) is 5.38. The molecule has 12 heteroatoms. The van der Waals surface area contributed by atoms with Gasteiger partial charge in [-0.25, -0.2) is 19.0 Å². The fourth-order valence-corrected chi connectivity index (χ4v) is 5.44. The molecule has 1 aromatic rings. The summed E-state index contributed by atoms with van der Waals surface area (Å²) < 4.78 is 36.8. The van der Waals surface area contributed by atoms with Crippen LogP contribution in [0, 0.1) is 23.0 Å². The van der Waals surface area contributed by atoms with Gasteiger partial charge < -0.3 is 9.64 Å². The van der Waals surface area contributed by atoms with Gasteiger partial charge in [0.05, 0.1) is 29.6 Å². The second kappa shape index (κ2) is 8.08. The van der Waals surface area contributed by atoms with Crippen molar-refractivity contribution < 1.29 is 32.7 Å². The first-order valence-corrected chi connectivity index (χ1v) is 11.5. The van der Waals surface area contributed by atoms with Gasteiger partial charge in [-0.05, 0) is 45.2 Å². The highest BCUT2D eigenvalue weighted by Gasteiger charge is 2.63. The van der Waals surface area contributed by atoms with Crippen LogP contribution in [-0.2, 0) is 25.5 Å². The molecule has 3 atom stereocenters. The number of anilines is 1. The van der Waals surface area contributed by atoms with Crippen LogP contribution in [0.4, 0.5) is 19.3 Å². The summed E-state index contributed by atoms with van der Waals surface area (Å²) in [5.41, 5.74) is 0.538. The Morgan fingerprint density at radius 3 is 2.46 bits per heavy atom. The maximum Gasteiger partial charge on any atom is 0.328 e. The Hall–Kier alpha value is -3.41. The lowest BCUT2D eigenvalue weighted by molar-refractivity contribution is -0.153. The lowest BCUT2D eigenvalue weighted by Crippen LogP contribution is -2.75. The molecule has 1 spiro atoms. The molecule has 10 nitrogen and oxygen atoms in total. The van der Waals surface area contributed by atoms with Crippen molar-refractivity contribution in [2.75, 3.05) is 11.4 Å². The molecule has 0 radical (unpaired) electrons. The van der Waals surface area contributed by atoms with Crippen molar-refractivity contribution >= 4 is 35.2 Å². The minimum Gasteiger partial charge on any atom is -0.372 e. The molecule has 3 N–H and O–H groups in total. The van der Waals surface area contributed by atoms with Crippen LogP contribution in [0.3, 0.4) is 0 Å². The predicted octanol–water partition coefficient (Wildman–Crippen LogP) is 1.11. The van der Waals surface area contributed by atoms with Crippen LogP contribution in [0.2, 0.25) is 0 Å². The number of amides is 5. The van der Waals surface area contributed by atoms with Crippen LogP contribution in [0.15, 0.2) is 11.2 Å². The number of benzene rings is 1. The molecule has 1 aliphatic carbocycles. The van der Waals surface area contributed by atoms with Crippen molar-refractivity contribution in [3.8, 4) is 0 Å². The lowest BCUT2D eigenvalue weighted by Gasteiger charge is -2.55. The number of urea groups is 1. The average molecular weight is 489 g/mol. The molecule has 3 fully saturated rings. The minimum absolute atomic E-state index is 0.0332. The first kappa shape index (κ1) is 23.3. The molecule has 0 bridgehead atoms. The summed E-state index contributed by atoms with van der Waals surface area (Å²) in [6.45, 7) is 4.92. The number of fused-ring (bicyclic) bond motifs is 4. The molecule has 3 aliphatic heterocycles. The van der Waals surface area contributed by atoms with Crippen molar-refractivity contribution in [1.29, 1.82) is 0 Å². The van der Waals surface area contributed by atoms with E-state index in [2.05, 4.69) is 21.2 Å². The van der Waals surface area contributed by atoms with Crippen LogP contribution in [-0.4, -0.2) is 54.3 Å². The van der Waals surface area contributed by atoms with Crippen LogP contribution in [0.1, 0.15) is 44.7 Å². The van der Waals surface area contributed by atoms with Crippen molar-refractivity contribution in [2.24, 2.45) is 16.4 Å². The van der Waals surface area contributed by atoms with E-state index >= 15 is 8.78 Å². The number of hydrogen-bond donors (Lipinski definition) is 3. The third-order valence-corrected chi connectivity index (χ3v) is 7.14. The van der Waals surface area contributed by atoms with E-state index in [-0.39, 0.29) is 47.3 Å². The molecular weight excluding hydrogens is 464 g/mol. The number of barbiturate groups is 1. The summed E-state index contributed by atoms with van der Waals surface area (Å²) >= 11 is 0. The van der Waals surface area contributed by atoms with E-state index in [4.69, 9.17) is 4.74 Å². The van der Waals surface area contributed by atoms with E-state index < -0.39 is 53.1 Å². The van der Waals surface area contributed by atoms with E-state index in [1.165, 1.54) is 17.9 Å². The third kappa shape index (κ3) is 3.58. The number of carbonyl (C=O) groups is 4. The van der Waals surface area contributed by atoms with Gasteiger partial charge in [0.25, 0.3) is 0 Å². The number of nitrogens with zero attached hydrogens (tertiary/aromatic N) is 2. The molecular formula is C23H25F2N5O5. The number of hydrazone groups is 1. The molecule has 0 aromatic heterocycles. The molecule has 1 saturated carbocycles. The van der Waals surface area contributed by atoms with E-state index in [0.717, 1.165) is 12.8 Å². The maximum atomic E-state index is 15.6. The van der Waals surface area contributed by atoms with Crippen molar-refractivity contribution in [2.45, 2.75) is 58.3 Å². The first-order chi connectivity index (χ1) is 16.5. The Bertz CT molecular complexity index is 1180. The molecule has 35 heavy (non-hydrogen) atoms. The van der Waals surface area contributed by atoms with E-state index in [1.807, 2.05) is 0 Å². The van der Waals surface area contributed by atoms with Gasteiger partial charge in [0, 0.05) is 24.4 Å². The Balaban J connectivity index is 1.63. The molecule has 1 aromatic carbocycles.